The number of likely N-dealkylation sites (tertiary alicyclic amines) is 1. The zero-order valence-corrected chi connectivity index (χ0v) is 19.8. The van der Waals surface area contributed by atoms with Crippen LogP contribution in [0.25, 0.3) is 5.76 Å². The highest BCUT2D eigenvalue weighted by atomic mass is 16.5. The lowest BCUT2D eigenvalue weighted by Crippen LogP contribution is -2.29. The number of nitrogens with zero attached hydrogens (tertiary/aromatic N) is 2. The van der Waals surface area contributed by atoms with E-state index in [9.17, 15) is 19.8 Å². The highest BCUT2D eigenvalue weighted by molar-refractivity contribution is 6.46. The van der Waals surface area contributed by atoms with Crippen LogP contribution in [0.5, 0.6) is 11.5 Å². The topological polar surface area (TPSA) is 100.0 Å². The fraction of sp³-hybridized carbons (Fsp3) is 0.250. The first-order chi connectivity index (χ1) is 16.9. The van der Waals surface area contributed by atoms with Gasteiger partial charge in [-0.1, -0.05) is 31.5 Å². The first-order valence-electron chi connectivity index (χ1n) is 11.6. The Morgan fingerprint density at radius 3 is 2.54 bits per heavy atom. The highest BCUT2D eigenvalue weighted by Crippen LogP contribution is 2.41. The largest absolute Gasteiger partial charge is 0.508 e. The number of phenols is 1. The molecule has 0 spiro atoms. The molecule has 2 aromatic carbocycles. The Bertz CT molecular complexity index is 1250. The van der Waals surface area contributed by atoms with Gasteiger partial charge in [0.1, 0.15) is 17.3 Å². The van der Waals surface area contributed by atoms with Crippen molar-refractivity contribution in [2.24, 2.45) is 0 Å². The molecule has 7 heteroatoms. The summed E-state index contributed by atoms with van der Waals surface area (Å²) in [4.78, 5) is 31.9. The Hall–Kier alpha value is -4.13. The summed E-state index contributed by atoms with van der Waals surface area (Å²) in [6, 6.07) is 14.3. The molecule has 35 heavy (non-hydrogen) atoms. The molecule has 7 nitrogen and oxygen atoms in total. The van der Waals surface area contributed by atoms with E-state index in [1.165, 1.54) is 17.0 Å². The molecule has 0 radical (unpaired) electrons. The third-order valence-electron chi connectivity index (χ3n) is 6.04. The minimum atomic E-state index is -0.823. The van der Waals surface area contributed by atoms with E-state index in [1.807, 2.05) is 19.1 Å². The van der Waals surface area contributed by atoms with Crippen molar-refractivity contribution in [2.45, 2.75) is 39.3 Å². The van der Waals surface area contributed by atoms with Crippen molar-refractivity contribution < 1.29 is 24.5 Å². The van der Waals surface area contributed by atoms with E-state index >= 15 is 0 Å². The number of aromatic nitrogens is 1. The van der Waals surface area contributed by atoms with Crippen molar-refractivity contribution in [3.8, 4) is 11.5 Å². The van der Waals surface area contributed by atoms with Crippen LogP contribution in [0, 0.1) is 6.92 Å². The fourth-order valence-electron chi connectivity index (χ4n) is 4.21. The molecule has 0 unspecified atom stereocenters. The van der Waals surface area contributed by atoms with E-state index in [4.69, 9.17) is 4.74 Å². The van der Waals surface area contributed by atoms with Gasteiger partial charge in [-0.3, -0.25) is 14.6 Å². The van der Waals surface area contributed by atoms with Gasteiger partial charge in [0.15, 0.2) is 0 Å². The van der Waals surface area contributed by atoms with Crippen molar-refractivity contribution in [1.29, 1.82) is 0 Å². The molecule has 1 atom stereocenters. The van der Waals surface area contributed by atoms with Gasteiger partial charge in [-0.05, 0) is 66.4 Å². The summed E-state index contributed by atoms with van der Waals surface area (Å²) in [5.41, 5.74) is 2.54. The number of hydrogen-bond acceptors (Lipinski definition) is 6. The van der Waals surface area contributed by atoms with Crippen LogP contribution in [0.15, 0.2) is 72.6 Å². The number of aliphatic hydroxyl groups excluding tert-OH is 1. The molecule has 1 aromatic heterocycles. The molecule has 2 N–H and O–H groups in total. The quantitative estimate of drug-likeness (QED) is 0.209. The third kappa shape index (κ3) is 5.04. The number of carbonyl (C=O) groups excluding carboxylic acids is 2. The Kier molecular flexibility index (Phi) is 7.15. The van der Waals surface area contributed by atoms with Crippen LogP contribution in [0.4, 0.5) is 0 Å². The number of phenolic OH excluding ortho intramolecular Hbond substituents is 1. The average molecular weight is 473 g/mol. The Morgan fingerprint density at radius 2 is 1.89 bits per heavy atom. The smallest absolute Gasteiger partial charge is 0.295 e. The van der Waals surface area contributed by atoms with Gasteiger partial charge < -0.3 is 19.8 Å². The number of benzene rings is 2. The lowest BCUT2D eigenvalue weighted by Gasteiger charge is -2.25. The van der Waals surface area contributed by atoms with Gasteiger partial charge in [0, 0.05) is 24.5 Å². The molecule has 1 aliphatic rings. The van der Waals surface area contributed by atoms with Crippen molar-refractivity contribution >= 4 is 17.4 Å². The molecule has 0 aliphatic carbocycles. The molecule has 1 amide bonds. The summed E-state index contributed by atoms with van der Waals surface area (Å²) in [6.07, 6.45) is 5.23. The number of pyridine rings is 1. The van der Waals surface area contributed by atoms with Gasteiger partial charge in [-0.2, -0.15) is 0 Å². The summed E-state index contributed by atoms with van der Waals surface area (Å²) < 4.78 is 5.75. The maximum Gasteiger partial charge on any atom is 0.295 e. The minimum Gasteiger partial charge on any atom is -0.508 e. The number of carbonyl (C=O) groups is 2. The number of aryl methyl sites for hydroxylation is 1. The van der Waals surface area contributed by atoms with E-state index in [0.717, 1.165) is 24.0 Å². The molecule has 2 heterocycles. The molecule has 1 aliphatic heterocycles. The van der Waals surface area contributed by atoms with Crippen molar-refractivity contribution in [3.05, 3.63) is 94.8 Å². The first-order valence-corrected chi connectivity index (χ1v) is 11.6. The molecule has 0 saturated carbocycles. The average Bonchev–Trinajstić information content (AvgIpc) is 3.10. The zero-order valence-electron chi connectivity index (χ0n) is 19.8. The number of amides is 1. The van der Waals surface area contributed by atoms with Crippen molar-refractivity contribution in [2.75, 3.05) is 6.61 Å². The van der Waals surface area contributed by atoms with E-state index < -0.39 is 17.7 Å². The number of ketones is 1. The van der Waals surface area contributed by atoms with Gasteiger partial charge in [0.25, 0.3) is 11.7 Å². The minimum absolute atomic E-state index is 0.00679. The summed E-state index contributed by atoms with van der Waals surface area (Å²) in [6.45, 7) is 4.65. The van der Waals surface area contributed by atoms with E-state index in [0.29, 0.717) is 23.5 Å². The Morgan fingerprint density at radius 1 is 1.11 bits per heavy atom. The number of unbranched alkanes of at least 4 members (excludes halogenated alkanes) is 1. The van der Waals surface area contributed by atoms with Gasteiger partial charge in [-0.25, -0.2) is 0 Å². The van der Waals surface area contributed by atoms with Gasteiger partial charge in [0.2, 0.25) is 0 Å². The summed E-state index contributed by atoms with van der Waals surface area (Å²) in [7, 11) is 0. The van der Waals surface area contributed by atoms with Crippen LogP contribution < -0.4 is 4.74 Å². The monoisotopic (exact) mass is 472 g/mol. The fourth-order valence-corrected chi connectivity index (χ4v) is 4.21. The van der Waals surface area contributed by atoms with Crippen LogP contribution in [0.3, 0.4) is 0 Å². The van der Waals surface area contributed by atoms with Crippen LogP contribution in [0.1, 0.15) is 48.1 Å². The zero-order chi connectivity index (χ0) is 24.9. The number of Topliss-reactive ketones (excluding diaryl/α,β-unsaturated/α-hetero) is 1. The van der Waals surface area contributed by atoms with Crippen molar-refractivity contribution in [1.82, 2.24) is 9.88 Å². The molecule has 3 aromatic rings. The second kappa shape index (κ2) is 10.4. The summed E-state index contributed by atoms with van der Waals surface area (Å²) >= 11 is 0. The van der Waals surface area contributed by atoms with Crippen LogP contribution in [-0.4, -0.2) is 38.4 Å². The summed E-state index contributed by atoms with van der Waals surface area (Å²) in [5, 5.41) is 21.1. The number of aliphatic hydroxyl groups is 1. The summed E-state index contributed by atoms with van der Waals surface area (Å²) in [5.74, 6) is -0.961. The number of ether oxygens (including phenoxy) is 1. The molecule has 180 valence electrons. The lowest BCUT2D eigenvalue weighted by molar-refractivity contribution is -0.140. The van der Waals surface area contributed by atoms with E-state index in [2.05, 4.69) is 11.9 Å². The number of hydrogen-bond donors (Lipinski definition) is 2. The lowest BCUT2D eigenvalue weighted by atomic mass is 9.93. The number of aromatic hydroxyl groups is 1. The molecule has 1 saturated heterocycles. The predicted molar refractivity (Wildman–Crippen MR) is 132 cm³/mol. The molecule has 4 rings (SSSR count). The van der Waals surface area contributed by atoms with Gasteiger partial charge in [0.05, 0.1) is 18.2 Å². The van der Waals surface area contributed by atoms with Crippen LogP contribution in [0.2, 0.25) is 0 Å². The van der Waals surface area contributed by atoms with Crippen LogP contribution in [-0.2, 0) is 16.1 Å². The van der Waals surface area contributed by atoms with E-state index in [-0.39, 0.29) is 23.6 Å². The van der Waals surface area contributed by atoms with Crippen molar-refractivity contribution in [3.63, 3.8) is 0 Å². The normalized spacial score (nSPS) is 17.1. The first kappa shape index (κ1) is 24.0. The molecule has 0 bridgehead atoms. The number of rotatable bonds is 8. The predicted octanol–water partition coefficient (Wildman–Crippen LogP) is 4.90. The van der Waals surface area contributed by atoms with Crippen LogP contribution >= 0.6 is 0 Å². The molecular weight excluding hydrogens is 444 g/mol. The Balaban J connectivity index is 1.78. The third-order valence-corrected chi connectivity index (χ3v) is 6.04. The Labute approximate surface area is 204 Å². The second-order valence-corrected chi connectivity index (χ2v) is 8.56. The van der Waals surface area contributed by atoms with Gasteiger partial charge >= 0.3 is 0 Å². The van der Waals surface area contributed by atoms with E-state index in [1.54, 1.807) is 42.7 Å². The van der Waals surface area contributed by atoms with Gasteiger partial charge in [-0.15, -0.1) is 0 Å². The molecular formula is C28H28N2O5. The maximum atomic E-state index is 13.2. The molecule has 1 fully saturated rings. The highest BCUT2D eigenvalue weighted by Gasteiger charge is 2.46. The second-order valence-electron chi connectivity index (χ2n) is 8.56. The maximum absolute atomic E-state index is 13.2. The standard InChI is InChI=1S/C28H28N2O5/c1-3-4-14-35-22-11-12-23(18(2)15-22)26(32)24-25(20-7-9-21(31)10-8-20)30(28(34)27(24)33)17-19-6-5-13-29-16-19/h5-13,15-16,25,31-32H,3-4,14,17H2,1-2H3/t25-/m0/s1. The SMILES string of the molecule is CCCCOc1ccc(C(O)=C2C(=O)C(=O)N(Cc3cccnc3)[C@H]2c2ccc(O)cc2)c(C)c1.